The number of rotatable bonds is 5. The molecule has 21 heavy (non-hydrogen) atoms. The summed E-state index contributed by atoms with van der Waals surface area (Å²) in [5, 5.41) is 0. The van der Waals surface area contributed by atoms with Crippen LogP contribution in [0.4, 0.5) is 0 Å². The van der Waals surface area contributed by atoms with Crippen LogP contribution >= 0.6 is 12.4 Å². The van der Waals surface area contributed by atoms with Crippen LogP contribution < -0.4 is 10.5 Å². The highest BCUT2D eigenvalue weighted by Crippen LogP contribution is 2.22. The van der Waals surface area contributed by atoms with E-state index < -0.39 is 0 Å². The van der Waals surface area contributed by atoms with E-state index in [1.165, 1.54) is 0 Å². The van der Waals surface area contributed by atoms with Gasteiger partial charge in [-0.25, -0.2) is 0 Å². The van der Waals surface area contributed by atoms with Gasteiger partial charge >= 0.3 is 0 Å². The molecule has 1 aromatic rings. The molecule has 1 aliphatic heterocycles. The van der Waals surface area contributed by atoms with E-state index in [4.69, 9.17) is 10.5 Å². The smallest absolute Gasteiger partial charge is 0.227 e. The maximum atomic E-state index is 12.3. The van der Waals surface area contributed by atoms with E-state index in [0.717, 1.165) is 30.8 Å². The molecule has 1 amide bonds. The van der Waals surface area contributed by atoms with Gasteiger partial charge in [0.05, 0.1) is 12.5 Å². The Morgan fingerprint density at radius 2 is 2.14 bits per heavy atom. The molecule has 0 bridgehead atoms. The Balaban J connectivity index is 0.00000220. The molecule has 1 fully saturated rings. The molecule has 0 aromatic heterocycles. The van der Waals surface area contributed by atoms with E-state index in [-0.39, 0.29) is 24.4 Å². The molecule has 4 nitrogen and oxygen atoms in total. The third kappa shape index (κ3) is 4.90. The fraction of sp³-hybridized carbons (Fsp3) is 0.562. The van der Waals surface area contributed by atoms with Crippen molar-refractivity contribution >= 4 is 18.3 Å². The van der Waals surface area contributed by atoms with Crippen LogP contribution in [0.15, 0.2) is 24.3 Å². The SMILES string of the molecule is CC(C)Oc1ccccc1CC(=O)N1CCC(CN)C1.Cl. The predicted molar refractivity (Wildman–Crippen MR) is 86.9 cm³/mol. The molecule has 1 saturated heterocycles. The van der Waals surface area contributed by atoms with Gasteiger partial charge in [-0.05, 0) is 38.8 Å². The first-order valence-electron chi connectivity index (χ1n) is 7.32. The number of likely N-dealkylation sites (tertiary alicyclic amines) is 1. The summed E-state index contributed by atoms with van der Waals surface area (Å²) in [6, 6.07) is 7.77. The number of nitrogens with two attached hydrogens (primary N) is 1. The second-order valence-electron chi connectivity index (χ2n) is 5.68. The molecular weight excluding hydrogens is 288 g/mol. The van der Waals surface area contributed by atoms with Gasteiger partial charge in [0.25, 0.3) is 0 Å². The summed E-state index contributed by atoms with van der Waals surface area (Å²) in [4.78, 5) is 14.3. The summed E-state index contributed by atoms with van der Waals surface area (Å²) >= 11 is 0. The van der Waals surface area contributed by atoms with Gasteiger partial charge in [0.15, 0.2) is 0 Å². The van der Waals surface area contributed by atoms with Crippen LogP contribution in [0.25, 0.3) is 0 Å². The minimum Gasteiger partial charge on any atom is -0.491 e. The zero-order valence-electron chi connectivity index (χ0n) is 12.7. The number of carbonyl (C=O) groups excluding carboxylic acids is 1. The van der Waals surface area contributed by atoms with Crippen LogP contribution in [0.3, 0.4) is 0 Å². The number of hydrogen-bond donors (Lipinski definition) is 1. The van der Waals surface area contributed by atoms with Crippen molar-refractivity contribution in [3.63, 3.8) is 0 Å². The predicted octanol–water partition coefficient (Wildman–Crippen LogP) is 2.25. The fourth-order valence-corrected chi connectivity index (χ4v) is 2.55. The maximum absolute atomic E-state index is 12.3. The van der Waals surface area contributed by atoms with Crippen LogP contribution in [0.2, 0.25) is 0 Å². The van der Waals surface area contributed by atoms with Crippen LogP contribution in [-0.2, 0) is 11.2 Å². The van der Waals surface area contributed by atoms with Crippen molar-refractivity contribution in [2.45, 2.75) is 32.8 Å². The van der Waals surface area contributed by atoms with E-state index in [1.807, 2.05) is 43.0 Å². The summed E-state index contributed by atoms with van der Waals surface area (Å²) in [6.45, 7) is 6.27. The van der Waals surface area contributed by atoms with Gasteiger partial charge in [-0.3, -0.25) is 4.79 Å². The quantitative estimate of drug-likeness (QED) is 0.907. The Hall–Kier alpha value is -1.26. The Bertz CT molecular complexity index is 465. The molecule has 118 valence electrons. The number of amides is 1. The molecule has 1 aromatic carbocycles. The van der Waals surface area contributed by atoms with Crippen LogP contribution in [-0.4, -0.2) is 36.5 Å². The lowest BCUT2D eigenvalue weighted by atomic mass is 10.1. The molecule has 0 radical (unpaired) electrons. The molecule has 1 unspecified atom stereocenters. The largest absolute Gasteiger partial charge is 0.491 e. The van der Waals surface area contributed by atoms with Crippen LogP contribution in [0, 0.1) is 5.92 Å². The van der Waals surface area contributed by atoms with Gasteiger partial charge in [0, 0.05) is 18.7 Å². The Morgan fingerprint density at radius 1 is 1.43 bits per heavy atom. The minimum absolute atomic E-state index is 0. The summed E-state index contributed by atoms with van der Waals surface area (Å²) in [5.74, 6) is 1.44. The molecule has 0 aliphatic carbocycles. The van der Waals surface area contributed by atoms with E-state index in [1.54, 1.807) is 0 Å². The topological polar surface area (TPSA) is 55.6 Å². The van der Waals surface area contributed by atoms with Gasteiger partial charge in [0.1, 0.15) is 5.75 Å². The zero-order valence-corrected chi connectivity index (χ0v) is 13.6. The zero-order chi connectivity index (χ0) is 14.5. The molecule has 1 atom stereocenters. The van der Waals surface area contributed by atoms with Crippen molar-refractivity contribution in [3.05, 3.63) is 29.8 Å². The molecule has 1 aliphatic rings. The van der Waals surface area contributed by atoms with Gasteiger partial charge < -0.3 is 15.4 Å². The standard InChI is InChI=1S/C16H24N2O2.ClH/c1-12(2)20-15-6-4-3-5-14(15)9-16(19)18-8-7-13(10-17)11-18;/h3-6,12-13H,7-11,17H2,1-2H3;1H. The average molecular weight is 313 g/mol. The van der Waals surface area contributed by atoms with Gasteiger partial charge in [-0.15, -0.1) is 12.4 Å². The summed E-state index contributed by atoms with van der Waals surface area (Å²) in [6.07, 6.45) is 1.53. The molecule has 0 saturated carbocycles. The molecule has 2 rings (SSSR count). The Labute approximate surface area is 133 Å². The first-order chi connectivity index (χ1) is 9.60. The van der Waals surface area contributed by atoms with Gasteiger partial charge in [0.2, 0.25) is 5.91 Å². The Morgan fingerprint density at radius 3 is 2.76 bits per heavy atom. The molecule has 5 heteroatoms. The van der Waals surface area contributed by atoms with Gasteiger partial charge in [-0.2, -0.15) is 0 Å². The lowest BCUT2D eigenvalue weighted by Gasteiger charge is -2.18. The van der Waals surface area contributed by atoms with Crippen LogP contribution in [0.5, 0.6) is 5.75 Å². The van der Waals surface area contributed by atoms with E-state index in [9.17, 15) is 4.79 Å². The fourth-order valence-electron chi connectivity index (χ4n) is 2.55. The number of para-hydroxylation sites is 1. The van der Waals surface area contributed by atoms with Crippen molar-refractivity contribution in [2.75, 3.05) is 19.6 Å². The second-order valence-corrected chi connectivity index (χ2v) is 5.68. The number of halogens is 1. The maximum Gasteiger partial charge on any atom is 0.227 e. The summed E-state index contributed by atoms with van der Waals surface area (Å²) in [5.41, 5.74) is 6.63. The highest BCUT2D eigenvalue weighted by molar-refractivity contribution is 5.85. The first-order valence-corrected chi connectivity index (χ1v) is 7.32. The van der Waals surface area contributed by atoms with Crippen molar-refractivity contribution in [3.8, 4) is 5.75 Å². The number of nitrogens with zero attached hydrogens (tertiary/aromatic N) is 1. The normalized spacial score (nSPS) is 17.7. The van der Waals surface area contributed by atoms with Crippen LogP contribution in [0.1, 0.15) is 25.8 Å². The minimum atomic E-state index is 0. The third-order valence-electron chi connectivity index (χ3n) is 3.65. The third-order valence-corrected chi connectivity index (χ3v) is 3.65. The molecule has 2 N–H and O–H groups in total. The first kappa shape index (κ1) is 17.8. The number of benzene rings is 1. The number of ether oxygens (including phenoxy) is 1. The second kappa shape index (κ2) is 8.25. The van der Waals surface area contributed by atoms with E-state index in [2.05, 4.69) is 0 Å². The van der Waals surface area contributed by atoms with Crippen molar-refractivity contribution in [1.29, 1.82) is 0 Å². The molecule has 0 spiro atoms. The van der Waals surface area contributed by atoms with Crippen molar-refractivity contribution < 1.29 is 9.53 Å². The van der Waals surface area contributed by atoms with Crippen molar-refractivity contribution in [2.24, 2.45) is 11.7 Å². The van der Waals surface area contributed by atoms with E-state index >= 15 is 0 Å². The Kier molecular flexibility index (Phi) is 6.99. The average Bonchev–Trinajstić information content (AvgIpc) is 2.89. The highest BCUT2D eigenvalue weighted by atomic mass is 35.5. The monoisotopic (exact) mass is 312 g/mol. The lowest BCUT2D eigenvalue weighted by Crippen LogP contribution is -2.31. The molecule has 1 heterocycles. The molecular formula is C16H25ClN2O2. The van der Waals surface area contributed by atoms with Crippen molar-refractivity contribution in [1.82, 2.24) is 4.90 Å². The number of carbonyl (C=O) groups is 1. The lowest BCUT2D eigenvalue weighted by molar-refractivity contribution is -0.129. The number of hydrogen-bond acceptors (Lipinski definition) is 3. The highest BCUT2D eigenvalue weighted by Gasteiger charge is 2.25. The van der Waals surface area contributed by atoms with E-state index in [0.29, 0.717) is 18.9 Å². The summed E-state index contributed by atoms with van der Waals surface area (Å²) < 4.78 is 5.76. The summed E-state index contributed by atoms with van der Waals surface area (Å²) in [7, 11) is 0. The van der Waals surface area contributed by atoms with Gasteiger partial charge in [-0.1, -0.05) is 18.2 Å².